The lowest BCUT2D eigenvalue weighted by molar-refractivity contribution is -0.122. The molecule has 2 aromatic rings. The molecule has 0 aliphatic rings. The molecule has 19 heavy (non-hydrogen) atoms. The van der Waals surface area contributed by atoms with Gasteiger partial charge in [-0.2, -0.15) is 0 Å². The van der Waals surface area contributed by atoms with Gasteiger partial charge in [0, 0.05) is 24.7 Å². The maximum Gasteiger partial charge on any atom is 0.162 e. The summed E-state index contributed by atoms with van der Waals surface area (Å²) in [5, 5.41) is 0. The van der Waals surface area contributed by atoms with Crippen LogP contribution in [0.2, 0.25) is 0 Å². The Balaban J connectivity index is 1.65. The topological polar surface area (TPSA) is 39.2 Å². The van der Waals surface area contributed by atoms with Gasteiger partial charge in [-0.3, -0.25) is 9.78 Å². The van der Waals surface area contributed by atoms with E-state index in [1.165, 1.54) is 0 Å². The van der Waals surface area contributed by atoms with E-state index >= 15 is 0 Å². The average molecular weight is 255 g/mol. The van der Waals surface area contributed by atoms with E-state index < -0.39 is 0 Å². The summed E-state index contributed by atoms with van der Waals surface area (Å²) in [4.78, 5) is 15.9. The zero-order valence-electron chi connectivity index (χ0n) is 10.8. The number of nitrogens with zero attached hydrogens (tertiary/aromatic N) is 1. The normalized spacial score (nSPS) is 10.3. The van der Waals surface area contributed by atoms with Crippen molar-refractivity contribution in [2.45, 2.75) is 12.8 Å². The second-order valence-electron chi connectivity index (χ2n) is 4.32. The molecule has 98 valence electrons. The quantitative estimate of drug-likeness (QED) is 0.713. The molecule has 1 aromatic heterocycles. The minimum absolute atomic E-state index is 0.104. The van der Waals surface area contributed by atoms with E-state index in [2.05, 4.69) is 4.98 Å². The second-order valence-corrected chi connectivity index (χ2v) is 4.32. The monoisotopic (exact) mass is 255 g/mol. The van der Waals surface area contributed by atoms with Crippen LogP contribution in [-0.4, -0.2) is 24.0 Å². The van der Waals surface area contributed by atoms with E-state index in [0.717, 1.165) is 17.7 Å². The fourth-order valence-electron chi connectivity index (χ4n) is 1.78. The van der Waals surface area contributed by atoms with Crippen LogP contribution >= 0.6 is 0 Å². The van der Waals surface area contributed by atoms with Crippen molar-refractivity contribution < 1.29 is 9.53 Å². The first-order valence-electron chi connectivity index (χ1n) is 6.38. The molecule has 0 saturated carbocycles. The first-order valence-corrected chi connectivity index (χ1v) is 6.38. The Bertz CT molecular complexity index is 497. The molecule has 0 aliphatic heterocycles. The third-order valence-corrected chi connectivity index (χ3v) is 2.74. The molecule has 1 heterocycles. The molecule has 0 radical (unpaired) electrons. The zero-order valence-corrected chi connectivity index (χ0v) is 10.8. The van der Waals surface area contributed by atoms with Gasteiger partial charge in [-0.25, -0.2) is 0 Å². The Kier molecular flexibility index (Phi) is 5.26. The molecule has 3 nitrogen and oxygen atoms in total. The van der Waals surface area contributed by atoms with Gasteiger partial charge < -0.3 is 4.74 Å². The van der Waals surface area contributed by atoms with Crippen LogP contribution in [0.25, 0.3) is 0 Å². The van der Waals surface area contributed by atoms with Crippen molar-refractivity contribution in [2.75, 3.05) is 13.2 Å². The van der Waals surface area contributed by atoms with Crippen molar-refractivity contribution in [1.82, 2.24) is 4.98 Å². The van der Waals surface area contributed by atoms with Gasteiger partial charge in [0.25, 0.3) is 0 Å². The number of ketones is 1. The molecule has 0 N–H and O–H groups in total. The Hall–Kier alpha value is -2.00. The second kappa shape index (κ2) is 7.44. The average Bonchev–Trinajstić information content (AvgIpc) is 2.46. The van der Waals surface area contributed by atoms with Crippen molar-refractivity contribution >= 4 is 5.78 Å². The molecule has 2 rings (SSSR count). The highest BCUT2D eigenvalue weighted by Crippen LogP contribution is 2.01. The Labute approximate surface area is 113 Å². The molecule has 0 unspecified atom stereocenters. The predicted molar refractivity (Wildman–Crippen MR) is 73.9 cm³/mol. The molecule has 0 bridgehead atoms. The predicted octanol–water partition coefficient (Wildman–Crippen LogP) is 2.45. The lowest BCUT2D eigenvalue weighted by Gasteiger charge is -2.04. The summed E-state index contributed by atoms with van der Waals surface area (Å²) in [5.41, 5.74) is 2.01. The molecule has 0 fully saturated rings. The number of pyridine rings is 1. The third-order valence-electron chi connectivity index (χ3n) is 2.74. The van der Waals surface area contributed by atoms with E-state index in [9.17, 15) is 4.79 Å². The Morgan fingerprint density at radius 3 is 2.58 bits per heavy atom. The third kappa shape index (κ3) is 5.02. The summed E-state index contributed by atoms with van der Waals surface area (Å²) in [7, 11) is 0. The van der Waals surface area contributed by atoms with Crippen LogP contribution in [0.3, 0.4) is 0 Å². The summed E-state index contributed by atoms with van der Waals surface area (Å²) in [6.07, 6.45) is 2.93. The van der Waals surface area contributed by atoms with Gasteiger partial charge in [-0.15, -0.1) is 0 Å². The number of rotatable bonds is 7. The first-order chi connectivity index (χ1) is 9.34. The highest BCUT2D eigenvalue weighted by molar-refractivity contribution is 5.82. The Morgan fingerprint density at radius 2 is 1.84 bits per heavy atom. The van der Waals surface area contributed by atoms with Crippen LogP contribution in [0.5, 0.6) is 0 Å². The number of ether oxygens (including phenoxy) is 1. The summed E-state index contributed by atoms with van der Waals surface area (Å²) < 4.78 is 5.38. The van der Waals surface area contributed by atoms with Crippen LogP contribution < -0.4 is 0 Å². The van der Waals surface area contributed by atoms with Gasteiger partial charge in [0.1, 0.15) is 6.61 Å². The van der Waals surface area contributed by atoms with E-state index in [-0.39, 0.29) is 12.4 Å². The molecule has 1 aromatic carbocycles. The van der Waals surface area contributed by atoms with Crippen molar-refractivity contribution in [3.05, 3.63) is 66.0 Å². The standard InChI is InChI=1S/C16H17NO2/c18-16(12-14-6-2-1-3-7-14)13-19-11-9-15-8-4-5-10-17-15/h1-8,10H,9,11-13H2. The fraction of sp³-hybridized carbons (Fsp3) is 0.250. The number of hydrogen-bond acceptors (Lipinski definition) is 3. The number of carbonyl (C=O) groups excluding carboxylic acids is 1. The van der Waals surface area contributed by atoms with Gasteiger partial charge in [0.05, 0.1) is 6.61 Å². The minimum Gasteiger partial charge on any atom is -0.373 e. The maximum atomic E-state index is 11.7. The molecule has 0 aliphatic carbocycles. The van der Waals surface area contributed by atoms with Crippen LogP contribution in [0, 0.1) is 0 Å². The van der Waals surface area contributed by atoms with E-state index in [4.69, 9.17) is 4.74 Å². The lowest BCUT2D eigenvalue weighted by Crippen LogP contribution is -2.13. The number of carbonyl (C=O) groups is 1. The van der Waals surface area contributed by atoms with Crippen LogP contribution in [0.15, 0.2) is 54.7 Å². The van der Waals surface area contributed by atoms with Crippen LogP contribution in [-0.2, 0) is 22.4 Å². The Morgan fingerprint density at radius 1 is 1.05 bits per heavy atom. The minimum atomic E-state index is 0.104. The van der Waals surface area contributed by atoms with Gasteiger partial charge in [0.15, 0.2) is 5.78 Å². The van der Waals surface area contributed by atoms with E-state index in [1.54, 1.807) is 6.20 Å². The molecule has 0 spiro atoms. The summed E-state index contributed by atoms with van der Waals surface area (Å²) in [5.74, 6) is 0.104. The summed E-state index contributed by atoms with van der Waals surface area (Å²) in [6.45, 7) is 0.694. The highest BCUT2D eigenvalue weighted by atomic mass is 16.5. The number of Topliss-reactive ketones (excluding diaryl/α,β-unsaturated/α-hetero) is 1. The van der Waals surface area contributed by atoms with Gasteiger partial charge in [-0.05, 0) is 17.7 Å². The van der Waals surface area contributed by atoms with Gasteiger partial charge >= 0.3 is 0 Å². The fourth-order valence-corrected chi connectivity index (χ4v) is 1.78. The van der Waals surface area contributed by atoms with Crippen molar-refractivity contribution in [3.63, 3.8) is 0 Å². The summed E-state index contributed by atoms with van der Waals surface area (Å²) in [6, 6.07) is 15.5. The largest absolute Gasteiger partial charge is 0.373 e. The van der Waals surface area contributed by atoms with Crippen LogP contribution in [0.4, 0.5) is 0 Å². The molecule has 0 amide bonds. The summed E-state index contributed by atoms with van der Waals surface area (Å²) >= 11 is 0. The number of hydrogen-bond donors (Lipinski definition) is 0. The molecule has 3 heteroatoms. The first kappa shape index (κ1) is 13.4. The number of benzene rings is 1. The smallest absolute Gasteiger partial charge is 0.162 e. The van der Waals surface area contributed by atoms with Gasteiger partial charge in [0.2, 0.25) is 0 Å². The van der Waals surface area contributed by atoms with Crippen molar-refractivity contribution in [2.24, 2.45) is 0 Å². The molecule has 0 saturated heterocycles. The highest BCUT2D eigenvalue weighted by Gasteiger charge is 2.03. The zero-order chi connectivity index (χ0) is 13.3. The van der Waals surface area contributed by atoms with Crippen LogP contribution in [0.1, 0.15) is 11.3 Å². The van der Waals surface area contributed by atoms with E-state index in [1.807, 2.05) is 48.5 Å². The maximum absolute atomic E-state index is 11.7. The van der Waals surface area contributed by atoms with Crippen molar-refractivity contribution in [3.8, 4) is 0 Å². The molecule has 0 atom stereocenters. The lowest BCUT2D eigenvalue weighted by atomic mass is 10.1. The van der Waals surface area contributed by atoms with Gasteiger partial charge in [-0.1, -0.05) is 36.4 Å². The van der Waals surface area contributed by atoms with Crippen molar-refractivity contribution in [1.29, 1.82) is 0 Å². The molecular weight excluding hydrogens is 238 g/mol. The SMILES string of the molecule is O=C(COCCc1ccccn1)Cc1ccccc1. The molecular formula is C16H17NO2. The number of aromatic nitrogens is 1. The van der Waals surface area contributed by atoms with E-state index in [0.29, 0.717) is 13.0 Å².